The third-order valence-electron chi connectivity index (χ3n) is 4.60. The maximum atomic E-state index is 13.1. The smallest absolute Gasteiger partial charge is 0.250 e. The fourth-order valence-corrected chi connectivity index (χ4v) is 3.23. The second-order valence-corrected chi connectivity index (χ2v) is 6.42. The van der Waals surface area contributed by atoms with Gasteiger partial charge in [-0.3, -0.25) is 4.79 Å². The fourth-order valence-electron chi connectivity index (χ4n) is 3.23. The molecule has 0 aliphatic heterocycles. The summed E-state index contributed by atoms with van der Waals surface area (Å²) in [5.74, 6) is -0.846. The quantitative estimate of drug-likeness (QED) is 0.670. The first-order valence-electron chi connectivity index (χ1n) is 8.52. The van der Waals surface area contributed by atoms with Crippen molar-refractivity contribution < 1.29 is 9.18 Å². The minimum Gasteiger partial charge on any atom is -0.379 e. The molecule has 1 aliphatic rings. The summed E-state index contributed by atoms with van der Waals surface area (Å²) >= 11 is 0. The first-order chi connectivity index (χ1) is 12.0. The van der Waals surface area contributed by atoms with Gasteiger partial charge in [-0.05, 0) is 49.2 Å². The standard InChI is InChI=1S/C19H23FN4O/c20-12-8-10-13(11-9-12)23-18-14(19(22)25)4-3-7-17(18)24-16-6-2-1-5-15(16)21/h3-4,7-11,15-16,23-24H,1-2,5-6,21H2,(H2,22,25). The summed E-state index contributed by atoms with van der Waals surface area (Å²) in [6, 6.07) is 11.5. The predicted molar refractivity (Wildman–Crippen MR) is 98.5 cm³/mol. The summed E-state index contributed by atoms with van der Waals surface area (Å²) in [5, 5.41) is 6.64. The molecule has 5 nitrogen and oxygen atoms in total. The van der Waals surface area contributed by atoms with Crippen LogP contribution in [0.4, 0.5) is 21.5 Å². The molecule has 0 radical (unpaired) electrons. The van der Waals surface area contributed by atoms with Gasteiger partial charge in [0.2, 0.25) is 0 Å². The van der Waals surface area contributed by atoms with Gasteiger partial charge in [0.05, 0.1) is 16.9 Å². The van der Waals surface area contributed by atoms with Crippen molar-refractivity contribution in [2.24, 2.45) is 11.5 Å². The van der Waals surface area contributed by atoms with Crippen LogP contribution in [0.25, 0.3) is 0 Å². The van der Waals surface area contributed by atoms with E-state index in [1.165, 1.54) is 12.1 Å². The van der Waals surface area contributed by atoms with E-state index in [1.807, 2.05) is 6.07 Å². The Morgan fingerprint density at radius 1 is 1.08 bits per heavy atom. The Labute approximate surface area is 146 Å². The van der Waals surface area contributed by atoms with E-state index >= 15 is 0 Å². The molecule has 6 N–H and O–H groups in total. The molecule has 2 atom stereocenters. The van der Waals surface area contributed by atoms with Crippen LogP contribution in [0.1, 0.15) is 36.0 Å². The summed E-state index contributed by atoms with van der Waals surface area (Å²) < 4.78 is 13.1. The number of hydrogen-bond donors (Lipinski definition) is 4. The van der Waals surface area contributed by atoms with Crippen LogP contribution in [0, 0.1) is 5.82 Å². The Morgan fingerprint density at radius 3 is 2.48 bits per heavy atom. The van der Waals surface area contributed by atoms with Crippen molar-refractivity contribution in [2.45, 2.75) is 37.8 Å². The molecule has 0 aromatic heterocycles. The molecule has 1 aliphatic carbocycles. The van der Waals surface area contributed by atoms with Gasteiger partial charge in [0.15, 0.2) is 0 Å². The summed E-state index contributed by atoms with van der Waals surface area (Å²) in [6.07, 6.45) is 4.23. The third-order valence-corrected chi connectivity index (χ3v) is 4.60. The van der Waals surface area contributed by atoms with Crippen molar-refractivity contribution in [3.63, 3.8) is 0 Å². The molecule has 0 bridgehead atoms. The molecule has 0 spiro atoms. The highest BCUT2D eigenvalue weighted by Crippen LogP contribution is 2.32. The Balaban J connectivity index is 1.92. The number of carbonyl (C=O) groups excluding carboxylic acids is 1. The Kier molecular flexibility index (Phi) is 5.19. The molecule has 132 valence electrons. The molecule has 1 amide bonds. The summed E-state index contributed by atoms with van der Waals surface area (Å²) in [6.45, 7) is 0. The number of primary amides is 1. The number of amides is 1. The van der Waals surface area contributed by atoms with E-state index in [9.17, 15) is 9.18 Å². The van der Waals surface area contributed by atoms with E-state index in [4.69, 9.17) is 11.5 Å². The molecular weight excluding hydrogens is 319 g/mol. The van der Waals surface area contributed by atoms with Crippen LogP contribution in [-0.4, -0.2) is 18.0 Å². The first-order valence-corrected chi connectivity index (χ1v) is 8.52. The fraction of sp³-hybridized carbons (Fsp3) is 0.316. The van der Waals surface area contributed by atoms with Gasteiger partial charge in [-0.25, -0.2) is 4.39 Å². The maximum absolute atomic E-state index is 13.1. The van der Waals surface area contributed by atoms with E-state index in [1.54, 1.807) is 24.3 Å². The lowest BCUT2D eigenvalue weighted by atomic mass is 9.90. The topological polar surface area (TPSA) is 93.2 Å². The average molecular weight is 342 g/mol. The highest BCUT2D eigenvalue weighted by atomic mass is 19.1. The van der Waals surface area contributed by atoms with Gasteiger partial charge < -0.3 is 22.1 Å². The predicted octanol–water partition coefficient (Wildman–Crippen LogP) is 3.35. The van der Waals surface area contributed by atoms with E-state index in [-0.39, 0.29) is 17.9 Å². The molecule has 0 saturated heterocycles. The SMILES string of the molecule is NC(=O)c1cccc(NC2CCCCC2N)c1Nc1ccc(F)cc1. The molecule has 2 aromatic rings. The van der Waals surface area contributed by atoms with Crippen LogP contribution in [0.15, 0.2) is 42.5 Å². The lowest BCUT2D eigenvalue weighted by Crippen LogP contribution is -2.42. The Hall–Kier alpha value is -2.60. The van der Waals surface area contributed by atoms with Crippen molar-refractivity contribution in [1.82, 2.24) is 0 Å². The molecule has 1 saturated carbocycles. The average Bonchev–Trinajstić information content (AvgIpc) is 2.60. The van der Waals surface area contributed by atoms with E-state index in [0.717, 1.165) is 31.4 Å². The number of benzene rings is 2. The normalized spacial score (nSPS) is 20.1. The first kappa shape index (κ1) is 17.2. The number of para-hydroxylation sites is 1. The van der Waals surface area contributed by atoms with Crippen molar-refractivity contribution >= 4 is 23.0 Å². The zero-order valence-electron chi connectivity index (χ0n) is 14.0. The summed E-state index contributed by atoms with van der Waals surface area (Å²) in [5.41, 5.74) is 14.2. The van der Waals surface area contributed by atoms with Crippen LogP contribution in [0.5, 0.6) is 0 Å². The zero-order chi connectivity index (χ0) is 17.8. The van der Waals surface area contributed by atoms with Gasteiger partial charge >= 0.3 is 0 Å². The lowest BCUT2D eigenvalue weighted by molar-refractivity contribution is 0.100. The van der Waals surface area contributed by atoms with Gasteiger partial charge in [-0.2, -0.15) is 0 Å². The Bertz CT molecular complexity index is 748. The highest BCUT2D eigenvalue weighted by Gasteiger charge is 2.23. The minimum absolute atomic E-state index is 0.0738. The monoisotopic (exact) mass is 342 g/mol. The Morgan fingerprint density at radius 2 is 1.80 bits per heavy atom. The van der Waals surface area contributed by atoms with E-state index in [0.29, 0.717) is 16.9 Å². The van der Waals surface area contributed by atoms with Crippen LogP contribution >= 0.6 is 0 Å². The van der Waals surface area contributed by atoms with Gasteiger partial charge in [0.1, 0.15) is 5.82 Å². The molecular formula is C19H23FN4O. The van der Waals surface area contributed by atoms with Crippen LogP contribution < -0.4 is 22.1 Å². The van der Waals surface area contributed by atoms with Crippen LogP contribution in [-0.2, 0) is 0 Å². The number of rotatable bonds is 5. The van der Waals surface area contributed by atoms with E-state index < -0.39 is 5.91 Å². The summed E-state index contributed by atoms with van der Waals surface area (Å²) in [7, 11) is 0. The molecule has 2 aromatic carbocycles. The molecule has 2 unspecified atom stereocenters. The molecule has 1 fully saturated rings. The minimum atomic E-state index is -0.527. The van der Waals surface area contributed by atoms with Crippen LogP contribution in [0.2, 0.25) is 0 Å². The number of anilines is 3. The van der Waals surface area contributed by atoms with Crippen molar-refractivity contribution in [3.8, 4) is 0 Å². The van der Waals surface area contributed by atoms with Gasteiger partial charge in [0.25, 0.3) is 5.91 Å². The highest BCUT2D eigenvalue weighted by molar-refractivity contribution is 6.02. The number of carbonyl (C=O) groups is 1. The lowest BCUT2D eigenvalue weighted by Gasteiger charge is -2.31. The number of halogens is 1. The van der Waals surface area contributed by atoms with Gasteiger partial charge in [-0.1, -0.05) is 18.9 Å². The van der Waals surface area contributed by atoms with Crippen molar-refractivity contribution in [2.75, 3.05) is 10.6 Å². The molecule has 6 heteroatoms. The number of nitrogens with one attached hydrogen (secondary N) is 2. The zero-order valence-corrected chi connectivity index (χ0v) is 14.0. The largest absolute Gasteiger partial charge is 0.379 e. The van der Waals surface area contributed by atoms with Gasteiger partial charge in [-0.15, -0.1) is 0 Å². The molecule has 25 heavy (non-hydrogen) atoms. The number of hydrogen-bond acceptors (Lipinski definition) is 4. The molecule has 0 heterocycles. The van der Waals surface area contributed by atoms with Crippen LogP contribution in [0.3, 0.4) is 0 Å². The third kappa shape index (κ3) is 4.09. The van der Waals surface area contributed by atoms with Gasteiger partial charge in [0, 0.05) is 17.8 Å². The maximum Gasteiger partial charge on any atom is 0.250 e. The van der Waals surface area contributed by atoms with Crippen molar-refractivity contribution in [1.29, 1.82) is 0 Å². The van der Waals surface area contributed by atoms with Crippen molar-refractivity contribution in [3.05, 3.63) is 53.8 Å². The number of nitrogens with two attached hydrogens (primary N) is 2. The molecule has 3 rings (SSSR count). The van der Waals surface area contributed by atoms with E-state index in [2.05, 4.69) is 10.6 Å². The second-order valence-electron chi connectivity index (χ2n) is 6.42. The summed E-state index contributed by atoms with van der Waals surface area (Å²) in [4.78, 5) is 11.8. The second kappa shape index (κ2) is 7.53.